The molecule has 4 heteroatoms. The lowest BCUT2D eigenvalue weighted by Crippen LogP contribution is -2.44. The summed E-state index contributed by atoms with van der Waals surface area (Å²) in [6.07, 6.45) is 19.6. The van der Waals surface area contributed by atoms with E-state index in [1.807, 2.05) is 0 Å². The molecule has 0 aliphatic carbocycles. The summed E-state index contributed by atoms with van der Waals surface area (Å²) in [6.45, 7) is 5.86. The third-order valence-electron chi connectivity index (χ3n) is 4.66. The lowest BCUT2D eigenvalue weighted by molar-refractivity contribution is -0.143. The number of allylic oxidation sites excluding steroid dienone is 2. The van der Waals surface area contributed by atoms with Crippen LogP contribution in [0.25, 0.3) is 0 Å². The predicted molar refractivity (Wildman–Crippen MR) is 109 cm³/mol. The van der Waals surface area contributed by atoms with Crippen molar-refractivity contribution in [1.82, 2.24) is 5.32 Å². The van der Waals surface area contributed by atoms with Crippen LogP contribution in [0.4, 0.5) is 0 Å². The topological polar surface area (TPSA) is 66.4 Å². The van der Waals surface area contributed by atoms with Gasteiger partial charge in [-0.25, -0.2) is 4.79 Å². The number of carboxylic acids is 1. The highest BCUT2D eigenvalue weighted by atomic mass is 16.4. The van der Waals surface area contributed by atoms with Crippen LogP contribution in [0, 0.1) is 5.92 Å². The smallest absolute Gasteiger partial charge is 0.326 e. The summed E-state index contributed by atoms with van der Waals surface area (Å²) in [5, 5.41) is 11.7. The zero-order valence-electron chi connectivity index (χ0n) is 17.3. The SMILES string of the molecule is CCCCCCC/C=C\CCCCCCCC(=O)N[C@H](C(=O)O)C(C)C. The number of hydrogen-bond donors (Lipinski definition) is 2. The van der Waals surface area contributed by atoms with Crippen molar-refractivity contribution >= 4 is 11.9 Å². The molecule has 0 aromatic heterocycles. The zero-order valence-corrected chi connectivity index (χ0v) is 17.3. The molecule has 0 spiro atoms. The molecule has 1 amide bonds. The van der Waals surface area contributed by atoms with Crippen LogP contribution in [0.15, 0.2) is 12.2 Å². The summed E-state index contributed by atoms with van der Waals surface area (Å²) in [4.78, 5) is 22.9. The Bertz CT molecular complexity index is 391. The van der Waals surface area contributed by atoms with Crippen LogP contribution in [0.3, 0.4) is 0 Å². The van der Waals surface area contributed by atoms with Crippen LogP contribution in [0.5, 0.6) is 0 Å². The lowest BCUT2D eigenvalue weighted by atomic mass is 10.0. The van der Waals surface area contributed by atoms with Crippen molar-refractivity contribution in [2.75, 3.05) is 0 Å². The van der Waals surface area contributed by atoms with E-state index in [0.717, 1.165) is 25.7 Å². The van der Waals surface area contributed by atoms with Gasteiger partial charge in [-0.1, -0.05) is 77.9 Å². The van der Waals surface area contributed by atoms with Gasteiger partial charge >= 0.3 is 5.97 Å². The summed E-state index contributed by atoms with van der Waals surface area (Å²) >= 11 is 0. The van der Waals surface area contributed by atoms with Gasteiger partial charge in [0, 0.05) is 6.42 Å². The Labute approximate surface area is 160 Å². The maximum absolute atomic E-state index is 11.8. The molecule has 0 rings (SSSR count). The van der Waals surface area contributed by atoms with E-state index in [2.05, 4.69) is 24.4 Å². The molecular weight excluding hydrogens is 326 g/mol. The van der Waals surface area contributed by atoms with Crippen molar-refractivity contribution in [2.24, 2.45) is 5.92 Å². The van der Waals surface area contributed by atoms with Crippen LogP contribution in [-0.2, 0) is 9.59 Å². The number of carbonyl (C=O) groups is 2. The van der Waals surface area contributed by atoms with Gasteiger partial charge in [-0.15, -0.1) is 0 Å². The summed E-state index contributed by atoms with van der Waals surface area (Å²) < 4.78 is 0. The first kappa shape index (κ1) is 24.7. The van der Waals surface area contributed by atoms with E-state index < -0.39 is 12.0 Å². The third-order valence-corrected chi connectivity index (χ3v) is 4.66. The van der Waals surface area contributed by atoms with Crippen LogP contribution in [0.1, 0.15) is 104 Å². The average Bonchev–Trinajstić information content (AvgIpc) is 2.59. The van der Waals surface area contributed by atoms with Gasteiger partial charge in [0.25, 0.3) is 0 Å². The van der Waals surface area contributed by atoms with Gasteiger partial charge in [0.15, 0.2) is 0 Å². The van der Waals surface area contributed by atoms with E-state index in [1.165, 1.54) is 51.4 Å². The quantitative estimate of drug-likeness (QED) is 0.250. The number of rotatable bonds is 17. The van der Waals surface area contributed by atoms with E-state index in [4.69, 9.17) is 5.11 Å². The molecule has 0 bridgehead atoms. The second-order valence-electron chi connectivity index (χ2n) is 7.61. The molecule has 2 N–H and O–H groups in total. The normalized spacial score (nSPS) is 12.6. The Balaban J connectivity index is 3.47. The van der Waals surface area contributed by atoms with Crippen LogP contribution < -0.4 is 5.32 Å². The lowest BCUT2D eigenvalue weighted by Gasteiger charge is -2.17. The van der Waals surface area contributed by atoms with Gasteiger partial charge in [-0.3, -0.25) is 4.79 Å². The second kappa shape index (κ2) is 17.1. The molecule has 4 nitrogen and oxygen atoms in total. The molecule has 0 radical (unpaired) electrons. The van der Waals surface area contributed by atoms with Gasteiger partial charge in [-0.05, 0) is 38.0 Å². The summed E-state index contributed by atoms with van der Waals surface area (Å²) in [7, 11) is 0. The minimum Gasteiger partial charge on any atom is -0.480 e. The highest BCUT2D eigenvalue weighted by Crippen LogP contribution is 2.10. The molecule has 0 saturated carbocycles. The van der Waals surface area contributed by atoms with Crippen LogP contribution in [0.2, 0.25) is 0 Å². The van der Waals surface area contributed by atoms with Crippen molar-refractivity contribution < 1.29 is 14.7 Å². The molecule has 0 fully saturated rings. The van der Waals surface area contributed by atoms with E-state index in [1.54, 1.807) is 13.8 Å². The molecule has 0 aliphatic rings. The number of carbonyl (C=O) groups excluding carboxylic acids is 1. The molecule has 0 aliphatic heterocycles. The molecule has 0 aromatic carbocycles. The number of amides is 1. The second-order valence-corrected chi connectivity index (χ2v) is 7.61. The summed E-state index contributed by atoms with van der Waals surface area (Å²) in [5.74, 6) is -1.20. The number of nitrogens with one attached hydrogen (secondary N) is 1. The van der Waals surface area contributed by atoms with Crippen LogP contribution >= 0.6 is 0 Å². The van der Waals surface area contributed by atoms with Crippen molar-refractivity contribution in [3.63, 3.8) is 0 Å². The van der Waals surface area contributed by atoms with Crippen LogP contribution in [-0.4, -0.2) is 23.0 Å². The Hall–Kier alpha value is -1.32. The van der Waals surface area contributed by atoms with E-state index in [0.29, 0.717) is 6.42 Å². The number of unbranched alkanes of at least 4 members (excludes halogenated alkanes) is 10. The highest BCUT2D eigenvalue weighted by Gasteiger charge is 2.22. The number of hydrogen-bond acceptors (Lipinski definition) is 2. The van der Waals surface area contributed by atoms with Gasteiger partial charge in [0.05, 0.1) is 0 Å². The maximum atomic E-state index is 11.8. The fourth-order valence-corrected chi connectivity index (χ4v) is 2.94. The molecular formula is C22H41NO3. The molecule has 1 atom stereocenters. The maximum Gasteiger partial charge on any atom is 0.326 e. The van der Waals surface area contributed by atoms with Crippen molar-refractivity contribution in [1.29, 1.82) is 0 Å². The average molecular weight is 368 g/mol. The first-order chi connectivity index (χ1) is 12.5. The molecule has 0 heterocycles. The van der Waals surface area contributed by atoms with Crippen molar-refractivity contribution in [3.05, 3.63) is 12.2 Å². The van der Waals surface area contributed by atoms with Gasteiger partial charge in [-0.2, -0.15) is 0 Å². The van der Waals surface area contributed by atoms with Gasteiger partial charge < -0.3 is 10.4 Å². The minimum absolute atomic E-state index is 0.0964. The van der Waals surface area contributed by atoms with E-state index >= 15 is 0 Å². The molecule has 0 aromatic rings. The molecule has 26 heavy (non-hydrogen) atoms. The highest BCUT2D eigenvalue weighted by molar-refractivity contribution is 5.83. The van der Waals surface area contributed by atoms with Gasteiger partial charge in [0.1, 0.15) is 6.04 Å². The van der Waals surface area contributed by atoms with Gasteiger partial charge in [0.2, 0.25) is 5.91 Å². The number of carboxylic acid groups (broad SMARTS) is 1. The fourth-order valence-electron chi connectivity index (χ4n) is 2.94. The van der Waals surface area contributed by atoms with E-state index in [9.17, 15) is 9.59 Å². The fraction of sp³-hybridized carbons (Fsp3) is 0.818. The van der Waals surface area contributed by atoms with E-state index in [-0.39, 0.29) is 11.8 Å². The minimum atomic E-state index is -0.956. The summed E-state index contributed by atoms with van der Waals surface area (Å²) in [5.41, 5.74) is 0. The third kappa shape index (κ3) is 15.0. The zero-order chi connectivity index (χ0) is 19.6. The monoisotopic (exact) mass is 367 g/mol. The molecule has 152 valence electrons. The Morgan fingerprint density at radius 1 is 0.846 bits per heavy atom. The largest absolute Gasteiger partial charge is 0.480 e. The standard InChI is InChI=1S/C22H41NO3/c1-4-5-6-7-8-9-10-11-12-13-14-15-16-17-18-20(24)23-21(19(2)3)22(25)26/h10-11,19,21H,4-9,12-18H2,1-3H3,(H,23,24)(H,25,26)/b11-10-/t21-/m0/s1. The van der Waals surface area contributed by atoms with Crippen molar-refractivity contribution in [2.45, 2.75) is 110 Å². The Morgan fingerprint density at radius 3 is 1.85 bits per heavy atom. The first-order valence-electron chi connectivity index (χ1n) is 10.7. The Morgan fingerprint density at radius 2 is 1.35 bits per heavy atom. The van der Waals surface area contributed by atoms with Crippen molar-refractivity contribution in [3.8, 4) is 0 Å². The Kier molecular flexibility index (Phi) is 16.2. The number of aliphatic carboxylic acids is 1. The summed E-state index contributed by atoms with van der Waals surface area (Å²) in [6, 6.07) is -0.777. The first-order valence-corrected chi connectivity index (χ1v) is 10.7. The molecule has 0 unspecified atom stereocenters. The molecule has 0 saturated heterocycles. The predicted octanol–water partition coefficient (Wildman–Crippen LogP) is 5.86.